The van der Waals surface area contributed by atoms with Gasteiger partial charge in [0.25, 0.3) is 0 Å². The molecule has 1 unspecified atom stereocenters. The number of nitrogens with one attached hydrogen (secondary N) is 2. The van der Waals surface area contributed by atoms with E-state index in [0.717, 1.165) is 41.3 Å². The van der Waals surface area contributed by atoms with Gasteiger partial charge in [-0.25, -0.2) is 4.98 Å². The quantitative estimate of drug-likeness (QED) is 0.485. The molecule has 0 aliphatic carbocycles. The van der Waals surface area contributed by atoms with E-state index in [1.54, 1.807) is 7.05 Å². The lowest BCUT2D eigenvalue weighted by Crippen LogP contribution is -2.29. The molecule has 3 N–H and O–H groups in total. The van der Waals surface area contributed by atoms with Gasteiger partial charge in [-0.1, -0.05) is 26.0 Å². The number of ether oxygens (including phenoxy) is 2. The first-order valence-corrected chi connectivity index (χ1v) is 10.8. The monoisotopic (exact) mass is 425 g/mol. The first-order chi connectivity index (χ1) is 15.0. The van der Waals surface area contributed by atoms with Crippen molar-refractivity contribution in [1.29, 1.82) is 0 Å². The molecule has 4 rings (SSSR count). The Hall–Kier alpha value is -2.68. The lowest BCUT2D eigenvalue weighted by molar-refractivity contribution is 0.108. The molecular formula is C23H31N5O3. The third-order valence-electron chi connectivity index (χ3n) is 5.41. The van der Waals surface area contributed by atoms with E-state index >= 15 is 0 Å². The molecule has 2 atom stereocenters. The molecule has 0 radical (unpaired) electrons. The second-order valence-corrected chi connectivity index (χ2v) is 8.27. The number of aromatic nitrogens is 3. The number of aliphatic hydroxyl groups is 1. The third-order valence-corrected chi connectivity index (χ3v) is 5.41. The SMILES string of the molecule is CNCC(O)COc1cccc(-c2cc(N[C@H]3CCOC3)n3ncc(C(C)C)c3n2)c1. The van der Waals surface area contributed by atoms with Crippen molar-refractivity contribution in [2.75, 3.05) is 38.7 Å². The minimum atomic E-state index is -0.562. The van der Waals surface area contributed by atoms with Crippen LogP contribution in [0.4, 0.5) is 5.82 Å². The van der Waals surface area contributed by atoms with Gasteiger partial charge in [-0.05, 0) is 31.5 Å². The molecule has 0 spiro atoms. The van der Waals surface area contributed by atoms with Crippen molar-refractivity contribution in [3.05, 3.63) is 42.1 Å². The van der Waals surface area contributed by atoms with E-state index in [-0.39, 0.29) is 12.6 Å². The van der Waals surface area contributed by atoms with Crippen LogP contribution in [-0.4, -0.2) is 65.3 Å². The number of anilines is 1. The standard InChI is InChI=1S/C23H31N5O3/c1-15(2)20-12-25-28-22(26-17-7-8-30-13-17)10-21(27-23(20)28)16-5-4-6-19(9-16)31-14-18(29)11-24-3/h4-6,9-10,12,15,17-18,24,26,29H,7-8,11,13-14H2,1-3H3/t17-,18?/m0/s1. The van der Waals surface area contributed by atoms with Gasteiger partial charge in [-0.2, -0.15) is 9.61 Å². The van der Waals surface area contributed by atoms with Crippen molar-refractivity contribution in [2.24, 2.45) is 0 Å². The van der Waals surface area contributed by atoms with E-state index in [4.69, 9.17) is 14.5 Å². The maximum atomic E-state index is 9.92. The third kappa shape index (κ3) is 4.98. The molecule has 8 heteroatoms. The molecule has 1 aromatic carbocycles. The van der Waals surface area contributed by atoms with Crippen LogP contribution in [0.3, 0.4) is 0 Å². The molecule has 0 amide bonds. The van der Waals surface area contributed by atoms with Gasteiger partial charge in [0, 0.05) is 30.3 Å². The second-order valence-electron chi connectivity index (χ2n) is 8.27. The zero-order chi connectivity index (χ0) is 21.8. The second kappa shape index (κ2) is 9.64. The fraction of sp³-hybridized carbons (Fsp3) is 0.478. The largest absolute Gasteiger partial charge is 0.491 e. The number of benzene rings is 1. The summed E-state index contributed by atoms with van der Waals surface area (Å²) in [4.78, 5) is 4.94. The van der Waals surface area contributed by atoms with Gasteiger partial charge in [0.05, 0.1) is 24.5 Å². The minimum absolute atomic E-state index is 0.228. The van der Waals surface area contributed by atoms with Gasteiger partial charge < -0.3 is 25.2 Å². The predicted octanol–water partition coefficient (Wildman–Crippen LogP) is 2.68. The number of likely N-dealkylation sites (N-methyl/N-ethyl adjacent to an activating group) is 1. The number of nitrogens with zero attached hydrogens (tertiary/aromatic N) is 3. The maximum absolute atomic E-state index is 9.92. The van der Waals surface area contributed by atoms with E-state index in [1.807, 2.05) is 41.0 Å². The van der Waals surface area contributed by atoms with E-state index < -0.39 is 6.10 Å². The number of rotatable bonds is 9. The summed E-state index contributed by atoms with van der Waals surface area (Å²) in [6.45, 7) is 6.47. The van der Waals surface area contributed by atoms with Crippen LogP contribution in [0.15, 0.2) is 36.5 Å². The smallest absolute Gasteiger partial charge is 0.161 e. The van der Waals surface area contributed by atoms with Crippen molar-refractivity contribution in [2.45, 2.75) is 38.3 Å². The van der Waals surface area contributed by atoms with E-state index in [9.17, 15) is 5.11 Å². The molecule has 3 heterocycles. The summed E-state index contributed by atoms with van der Waals surface area (Å²) in [7, 11) is 1.80. The lowest BCUT2D eigenvalue weighted by Gasteiger charge is -2.16. The Morgan fingerprint density at radius 3 is 2.94 bits per heavy atom. The van der Waals surface area contributed by atoms with Crippen LogP contribution in [0.25, 0.3) is 16.9 Å². The average Bonchev–Trinajstić information content (AvgIpc) is 3.42. The van der Waals surface area contributed by atoms with E-state index in [2.05, 4.69) is 29.6 Å². The van der Waals surface area contributed by atoms with Crippen molar-refractivity contribution in [1.82, 2.24) is 19.9 Å². The summed E-state index contributed by atoms with van der Waals surface area (Å²) >= 11 is 0. The minimum Gasteiger partial charge on any atom is -0.491 e. The Morgan fingerprint density at radius 2 is 2.19 bits per heavy atom. The molecule has 1 aliphatic rings. The van der Waals surface area contributed by atoms with Crippen molar-refractivity contribution >= 4 is 11.5 Å². The molecule has 31 heavy (non-hydrogen) atoms. The molecule has 0 bridgehead atoms. The van der Waals surface area contributed by atoms with Crippen LogP contribution in [0.2, 0.25) is 0 Å². The number of hydrogen-bond acceptors (Lipinski definition) is 7. The molecule has 1 aliphatic heterocycles. The highest BCUT2D eigenvalue weighted by atomic mass is 16.5. The first-order valence-electron chi connectivity index (χ1n) is 10.8. The Labute approximate surface area is 182 Å². The molecule has 166 valence electrons. The summed E-state index contributed by atoms with van der Waals surface area (Å²) in [5.41, 5.74) is 3.75. The number of fused-ring (bicyclic) bond motifs is 1. The molecule has 1 saturated heterocycles. The molecule has 8 nitrogen and oxygen atoms in total. The average molecular weight is 426 g/mol. The summed E-state index contributed by atoms with van der Waals surface area (Å²) in [5.74, 6) is 1.91. The van der Waals surface area contributed by atoms with Crippen LogP contribution in [0.5, 0.6) is 5.75 Å². The Balaban J connectivity index is 1.68. The summed E-state index contributed by atoms with van der Waals surface area (Å²) in [6.07, 6.45) is 2.30. The van der Waals surface area contributed by atoms with Crippen LogP contribution in [0, 0.1) is 0 Å². The first kappa shape index (κ1) is 21.5. The Kier molecular flexibility index (Phi) is 6.70. The fourth-order valence-corrected chi connectivity index (χ4v) is 3.73. The highest BCUT2D eigenvalue weighted by molar-refractivity contribution is 5.69. The molecule has 3 aromatic rings. The van der Waals surface area contributed by atoms with Crippen molar-refractivity contribution in [3.8, 4) is 17.0 Å². The van der Waals surface area contributed by atoms with Gasteiger partial charge in [-0.15, -0.1) is 0 Å². The predicted molar refractivity (Wildman–Crippen MR) is 121 cm³/mol. The molecule has 2 aromatic heterocycles. The summed E-state index contributed by atoms with van der Waals surface area (Å²) in [5, 5.41) is 21.0. The van der Waals surface area contributed by atoms with Gasteiger partial charge in [0.15, 0.2) is 5.65 Å². The van der Waals surface area contributed by atoms with Crippen LogP contribution in [0.1, 0.15) is 31.7 Å². The Morgan fingerprint density at radius 1 is 1.32 bits per heavy atom. The number of hydrogen-bond donors (Lipinski definition) is 3. The summed E-state index contributed by atoms with van der Waals surface area (Å²) < 4.78 is 13.2. The van der Waals surface area contributed by atoms with Gasteiger partial charge in [0.2, 0.25) is 0 Å². The maximum Gasteiger partial charge on any atom is 0.161 e. The van der Waals surface area contributed by atoms with Crippen LogP contribution < -0.4 is 15.4 Å². The number of aliphatic hydroxyl groups excluding tert-OH is 1. The van der Waals surface area contributed by atoms with Gasteiger partial charge >= 0.3 is 0 Å². The topological polar surface area (TPSA) is 92.9 Å². The zero-order valence-corrected chi connectivity index (χ0v) is 18.3. The normalized spacial score (nSPS) is 17.4. The highest BCUT2D eigenvalue weighted by Gasteiger charge is 2.20. The molecular weight excluding hydrogens is 394 g/mol. The van der Waals surface area contributed by atoms with E-state index in [1.165, 1.54) is 0 Å². The fourth-order valence-electron chi connectivity index (χ4n) is 3.73. The Bertz CT molecular complexity index is 1010. The van der Waals surface area contributed by atoms with Gasteiger partial charge in [-0.3, -0.25) is 0 Å². The molecule has 0 saturated carbocycles. The van der Waals surface area contributed by atoms with Crippen molar-refractivity contribution < 1.29 is 14.6 Å². The summed E-state index contributed by atoms with van der Waals surface area (Å²) in [6, 6.07) is 10.1. The molecule has 1 fully saturated rings. The van der Waals surface area contributed by atoms with Crippen LogP contribution >= 0.6 is 0 Å². The van der Waals surface area contributed by atoms with Crippen LogP contribution in [-0.2, 0) is 4.74 Å². The van der Waals surface area contributed by atoms with E-state index in [0.29, 0.717) is 24.8 Å². The highest BCUT2D eigenvalue weighted by Crippen LogP contribution is 2.29. The lowest BCUT2D eigenvalue weighted by atomic mass is 10.1. The zero-order valence-electron chi connectivity index (χ0n) is 18.3. The van der Waals surface area contributed by atoms with Gasteiger partial charge in [0.1, 0.15) is 24.3 Å². The van der Waals surface area contributed by atoms with Crippen molar-refractivity contribution in [3.63, 3.8) is 0 Å².